The van der Waals surface area contributed by atoms with E-state index in [0.717, 1.165) is 73.8 Å². The Bertz CT molecular complexity index is 2210. The van der Waals surface area contributed by atoms with Gasteiger partial charge in [0, 0.05) is 73.8 Å². The molecule has 1 amide bonds. The predicted octanol–water partition coefficient (Wildman–Crippen LogP) is 6.96. The van der Waals surface area contributed by atoms with Crippen LogP contribution in [-0.4, -0.2) is 71.7 Å². The van der Waals surface area contributed by atoms with Gasteiger partial charge in [0.05, 0.1) is 6.20 Å². The van der Waals surface area contributed by atoms with Gasteiger partial charge in [-0.15, -0.1) is 0 Å². The van der Waals surface area contributed by atoms with Crippen molar-refractivity contribution in [1.29, 1.82) is 0 Å². The number of aromatic amines is 1. The summed E-state index contributed by atoms with van der Waals surface area (Å²) in [5.41, 5.74) is 6.67. The minimum atomic E-state index is -4.34. The maximum absolute atomic E-state index is 13.7. The summed E-state index contributed by atoms with van der Waals surface area (Å²) in [4.78, 5) is 25.0. The molecule has 51 heavy (non-hydrogen) atoms. The van der Waals surface area contributed by atoms with Gasteiger partial charge in [0.25, 0.3) is 15.9 Å². The average molecular weight is 728 g/mol. The van der Waals surface area contributed by atoms with Crippen LogP contribution in [0.15, 0.2) is 83.5 Å². The number of carbonyl (C=O) groups is 1. The lowest BCUT2D eigenvalue weighted by molar-refractivity contribution is 0.0976. The Kier molecular flexibility index (Phi) is 9.42. The van der Waals surface area contributed by atoms with E-state index in [-0.39, 0.29) is 21.8 Å². The predicted molar refractivity (Wildman–Crippen MR) is 200 cm³/mol. The third-order valence-corrected chi connectivity index (χ3v) is 11.5. The van der Waals surface area contributed by atoms with Gasteiger partial charge in [0.2, 0.25) is 0 Å². The molecule has 1 fully saturated rings. The number of amides is 1. The molecule has 1 saturated heterocycles. The summed E-state index contributed by atoms with van der Waals surface area (Å²) in [6.07, 6.45) is 6.58. The van der Waals surface area contributed by atoms with Crippen molar-refractivity contribution in [2.75, 3.05) is 37.6 Å². The number of H-pyrrole nitrogens is 1. The largest absolute Gasteiger partial charge is 0.454 e. The molecule has 2 N–H and O–H groups in total. The number of piperazine rings is 1. The van der Waals surface area contributed by atoms with Gasteiger partial charge < -0.3 is 14.6 Å². The van der Waals surface area contributed by atoms with Gasteiger partial charge in [-0.25, -0.2) is 18.1 Å². The second-order valence-electron chi connectivity index (χ2n) is 14.2. The van der Waals surface area contributed by atoms with Crippen LogP contribution in [0.5, 0.6) is 11.5 Å². The van der Waals surface area contributed by atoms with Crippen molar-refractivity contribution in [3.8, 4) is 11.5 Å². The molecule has 1 aliphatic carbocycles. The lowest BCUT2D eigenvalue weighted by Crippen LogP contribution is -2.47. The molecule has 0 spiro atoms. The molecule has 7 rings (SSSR count). The fourth-order valence-corrected chi connectivity index (χ4v) is 8.09. The number of sulfonamides is 1. The van der Waals surface area contributed by atoms with Crippen molar-refractivity contribution >= 4 is 49.8 Å². The van der Waals surface area contributed by atoms with Gasteiger partial charge >= 0.3 is 0 Å². The number of anilines is 1. The molecule has 0 radical (unpaired) electrons. The summed E-state index contributed by atoms with van der Waals surface area (Å²) >= 11 is 6.22. The standard InChI is InChI=1S/C38H42ClN7O4S/c1-25-19-33(42-44(25)4)37(47)43-51(48,49)35-10-9-30(21-34(35)50-31-20-27-12-14-40-36(27)41-23-31)46-17-15-45(16-18-46)24-28-11-13-38(2,3)22-32(28)26-5-7-29(39)8-6-26/h5-10,12,14,19-21,23H,11,13,15-18,22,24H2,1-4H3,(H,40,41)(H,43,47). The molecule has 3 aromatic heterocycles. The van der Waals surface area contributed by atoms with Crippen molar-refractivity contribution in [3.05, 3.63) is 101 Å². The van der Waals surface area contributed by atoms with E-state index in [9.17, 15) is 13.2 Å². The number of pyridine rings is 1. The Balaban J connectivity index is 1.12. The number of allylic oxidation sites excluding steroid dienone is 1. The summed E-state index contributed by atoms with van der Waals surface area (Å²) in [5, 5.41) is 5.69. The van der Waals surface area contributed by atoms with Crippen molar-refractivity contribution in [3.63, 3.8) is 0 Å². The summed E-state index contributed by atoms with van der Waals surface area (Å²) in [6, 6.07) is 18.4. The van der Waals surface area contributed by atoms with Gasteiger partial charge in [0.1, 0.15) is 22.0 Å². The fraction of sp³-hybridized carbons (Fsp3) is 0.342. The number of benzene rings is 2. The number of halogens is 1. The quantitative estimate of drug-likeness (QED) is 0.167. The number of hydrogen-bond acceptors (Lipinski definition) is 8. The van der Waals surface area contributed by atoms with Gasteiger partial charge in [-0.2, -0.15) is 5.10 Å². The van der Waals surface area contributed by atoms with E-state index >= 15 is 0 Å². The number of carbonyl (C=O) groups excluding carboxylic acids is 1. The maximum atomic E-state index is 13.7. The van der Waals surface area contributed by atoms with Gasteiger partial charge in [0.15, 0.2) is 5.69 Å². The van der Waals surface area contributed by atoms with Crippen LogP contribution in [0.2, 0.25) is 5.02 Å². The maximum Gasteiger partial charge on any atom is 0.285 e. The molecule has 5 aromatic rings. The summed E-state index contributed by atoms with van der Waals surface area (Å²) in [6.45, 7) is 10.6. The molecule has 0 bridgehead atoms. The third-order valence-electron chi connectivity index (χ3n) is 9.92. The molecule has 1 aliphatic heterocycles. The topological polar surface area (TPSA) is 125 Å². The van der Waals surface area contributed by atoms with Gasteiger partial charge in [-0.1, -0.05) is 43.2 Å². The number of ether oxygens (including phenoxy) is 1. The molecule has 2 aliphatic rings. The van der Waals surface area contributed by atoms with Gasteiger partial charge in [-0.3, -0.25) is 14.4 Å². The van der Waals surface area contributed by atoms with Crippen LogP contribution in [0.4, 0.5) is 5.69 Å². The highest BCUT2D eigenvalue weighted by atomic mass is 35.5. The van der Waals surface area contributed by atoms with Crippen LogP contribution in [0, 0.1) is 12.3 Å². The van der Waals surface area contributed by atoms with Crippen LogP contribution in [0.25, 0.3) is 16.6 Å². The first kappa shape index (κ1) is 34.8. The highest BCUT2D eigenvalue weighted by Crippen LogP contribution is 2.43. The number of nitrogens with zero attached hydrogens (tertiary/aromatic N) is 5. The molecule has 0 atom stereocenters. The zero-order chi connectivity index (χ0) is 35.9. The SMILES string of the molecule is Cc1cc(C(=O)NS(=O)(=O)c2ccc(N3CCN(CC4=C(c5ccc(Cl)cc5)CC(C)(C)CC4)CC3)cc2Oc2cnc3[nH]ccc3c2)nn1C. The molecule has 11 nitrogen and oxygen atoms in total. The summed E-state index contributed by atoms with van der Waals surface area (Å²) in [7, 11) is -2.66. The Hall–Kier alpha value is -4.65. The zero-order valence-corrected chi connectivity index (χ0v) is 30.8. The van der Waals surface area contributed by atoms with Crippen LogP contribution < -0.4 is 14.4 Å². The van der Waals surface area contributed by atoms with E-state index in [0.29, 0.717) is 11.4 Å². The first-order chi connectivity index (χ1) is 24.3. The highest BCUT2D eigenvalue weighted by molar-refractivity contribution is 7.90. The Morgan fingerprint density at radius 1 is 1.04 bits per heavy atom. The van der Waals surface area contributed by atoms with E-state index in [1.807, 2.05) is 18.2 Å². The van der Waals surface area contributed by atoms with Crippen LogP contribution in [0.1, 0.15) is 54.9 Å². The van der Waals surface area contributed by atoms with Crippen molar-refractivity contribution in [2.45, 2.75) is 44.9 Å². The first-order valence-corrected chi connectivity index (χ1v) is 19.0. The fourth-order valence-electron chi connectivity index (χ4n) is 6.90. The van der Waals surface area contributed by atoms with E-state index in [2.05, 4.69) is 55.6 Å². The van der Waals surface area contributed by atoms with Crippen molar-refractivity contribution in [1.82, 2.24) is 29.4 Å². The molecular formula is C38H42ClN7O4S. The van der Waals surface area contributed by atoms with E-state index in [1.165, 1.54) is 39.7 Å². The molecule has 0 unspecified atom stereocenters. The van der Waals surface area contributed by atoms with E-state index in [4.69, 9.17) is 16.3 Å². The molecule has 266 valence electrons. The Morgan fingerprint density at radius 3 is 2.53 bits per heavy atom. The highest BCUT2D eigenvalue weighted by Gasteiger charge is 2.30. The first-order valence-electron chi connectivity index (χ1n) is 17.1. The van der Waals surface area contributed by atoms with E-state index < -0.39 is 15.9 Å². The number of aryl methyl sites for hydroxylation is 2. The average Bonchev–Trinajstić information content (AvgIpc) is 3.71. The number of fused-ring (bicyclic) bond motifs is 1. The van der Waals surface area contributed by atoms with Crippen LogP contribution >= 0.6 is 11.6 Å². The monoisotopic (exact) mass is 727 g/mol. The second kappa shape index (κ2) is 13.8. The minimum Gasteiger partial charge on any atom is -0.454 e. The number of nitrogens with one attached hydrogen (secondary N) is 2. The number of rotatable bonds is 9. The molecule has 13 heteroatoms. The zero-order valence-electron chi connectivity index (χ0n) is 29.2. The Morgan fingerprint density at radius 2 is 1.80 bits per heavy atom. The molecule has 2 aromatic carbocycles. The smallest absolute Gasteiger partial charge is 0.285 e. The summed E-state index contributed by atoms with van der Waals surface area (Å²) in [5.74, 6) is -0.365. The van der Waals surface area contributed by atoms with Gasteiger partial charge in [-0.05, 0) is 85.2 Å². The lowest BCUT2D eigenvalue weighted by atomic mass is 9.72. The van der Waals surface area contributed by atoms with Crippen molar-refractivity contribution in [2.24, 2.45) is 12.5 Å². The molecular weight excluding hydrogens is 686 g/mol. The minimum absolute atomic E-state index is 0.00522. The normalized spacial score (nSPS) is 16.8. The van der Waals surface area contributed by atoms with Crippen LogP contribution in [-0.2, 0) is 17.1 Å². The summed E-state index contributed by atoms with van der Waals surface area (Å²) < 4.78 is 37.3. The van der Waals surface area contributed by atoms with Crippen LogP contribution in [0.3, 0.4) is 0 Å². The lowest BCUT2D eigenvalue weighted by Gasteiger charge is -2.39. The number of hydrogen-bond donors (Lipinski definition) is 2. The van der Waals surface area contributed by atoms with Crippen molar-refractivity contribution < 1.29 is 17.9 Å². The molecule has 4 heterocycles. The Labute approximate surface area is 303 Å². The third kappa shape index (κ3) is 7.68. The molecule has 0 saturated carbocycles. The second-order valence-corrected chi connectivity index (χ2v) is 16.3. The number of aromatic nitrogens is 4. The van der Waals surface area contributed by atoms with E-state index in [1.54, 1.807) is 38.4 Å².